The number of aromatic nitrogens is 2. The van der Waals surface area contributed by atoms with E-state index in [0.29, 0.717) is 0 Å². The number of nitrogens with zero attached hydrogens (tertiary/aromatic N) is 2. The number of thiophene rings is 1. The molecule has 0 atom stereocenters. The fourth-order valence-electron chi connectivity index (χ4n) is 1.59. The maximum Gasteiger partial charge on any atom is 0.0976 e. The van der Waals surface area contributed by atoms with Crippen molar-refractivity contribution >= 4 is 11.3 Å². The minimum atomic E-state index is 0.866. The van der Waals surface area contributed by atoms with E-state index in [1.165, 1.54) is 11.1 Å². The maximum absolute atomic E-state index is 4.57. The largest absolute Gasteiger partial charge is 0.316 e. The van der Waals surface area contributed by atoms with E-state index in [0.717, 1.165) is 18.8 Å². The van der Waals surface area contributed by atoms with Gasteiger partial charge in [-0.2, -0.15) is 16.4 Å². The molecule has 15 heavy (non-hydrogen) atoms. The number of hydrogen-bond acceptors (Lipinski definition) is 3. The highest BCUT2D eigenvalue weighted by Gasteiger charge is 2.09. The molecule has 0 aliphatic heterocycles. The molecule has 2 rings (SSSR count). The summed E-state index contributed by atoms with van der Waals surface area (Å²) in [5.74, 6) is 0. The lowest BCUT2D eigenvalue weighted by molar-refractivity contribution is 0.660. The molecule has 0 aliphatic carbocycles. The molecule has 3 nitrogen and oxygen atoms in total. The first kappa shape index (κ1) is 10.4. The Morgan fingerprint density at radius 2 is 2.40 bits per heavy atom. The molecule has 2 heterocycles. The second kappa shape index (κ2) is 4.59. The third-order valence-corrected chi connectivity index (χ3v) is 3.01. The first-order chi connectivity index (χ1) is 7.35. The van der Waals surface area contributed by atoms with Gasteiger partial charge in [0.1, 0.15) is 0 Å². The zero-order chi connectivity index (χ0) is 10.7. The SMILES string of the molecule is CCn1cc(CNC)c(-c2ccsc2)n1. The molecule has 0 saturated heterocycles. The van der Waals surface area contributed by atoms with Crippen molar-refractivity contribution in [2.45, 2.75) is 20.0 Å². The van der Waals surface area contributed by atoms with Gasteiger partial charge in [0.15, 0.2) is 0 Å². The van der Waals surface area contributed by atoms with Crippen LogP contribution in [0, 0.1) is 0 Å². The van der Waals surface area contributed by atoms with Crippen LogP contribution in [0.3, 0.4) is 0 Å². The average Bonchev–Trinajstić information content (AvgIpc) is 2.85. The molecule has 1 N–H and O–H groups in total. The third kappa shape index (κ3) is 2.11. The summed E-state index contributed by atoms with van der Waals surface area (Å²) in [5.41, 5.74) is 3.59. The zero-order valence-electron chi connectivity index (χ0n) is 9.03. The van der Waals surface area contributed by atoms with Crippen LogP contribution in [-0.4, -0.2) is 16.8 Å². The van der Waals surface area contributed by atoms with Crippen LogP contribution >= 0.6 is 11.3 Å². The van der Waals surface area contributed by atoms with E-state index in [4.69, 9.17) is 0 Å². The van der Waals surface area contributed by atoms with Gasteiger partial charge >= 0.3 is 0 Å². The smallest absolute Gasteiger partial charge is 0.0976 e. The summed E-state index contributed by atoms with van der Waals surface area (Å²) in [6.07, 6.45) is 2.11. The molecule has 0 fully saturated rings. The Hall–Kier alpha value is -1.13. The zero-order valence-corrected chi connectivity index (χ0v) is 9.84. The van der Waals surface area contributed by atoms with Gasteiger partial charge < -0.3 is 5.32 Å². The first-order valence-corrected chi connectivity index (χ1v) is 6.03. The van der Waals surface area contributed by atoms with Gasteiger partial charge in [-0.1, -0.05) is 0 Å². The Kier molecular flexibility index (Phi) is 3.18. The van der Waals surface area contributed by atoms with E-state index >= 15 is 0 Å². The summed E-state index contributed by atoms with van der Waals surface area (Å²) in [7, 11) is 1.96. The molecule has 0 aliphatic rings. The maximum atomic E-state index is 4.57. The van der Waals surface area contributed by atoms with Gasteiger partial charge in [-0.25, -0.2) is 0 Å². The van der Waals surface area contributed by atoms with Crippen molar-refractivity contribution in [2.24, 2.45) is 0 Å². The second-order valence-corrected chi connectivity index (χ2v) is 4.18. The van der Waals surface area contributed by atoms with Crippen molar-refractivity contribution in [3.63, 3.8) is 0 Å². The Labute approximate surface area is 93.7 Å². The van der Waals surface area contributed by atoms with Crippen molar-refractivity contribution in [1.82, 2.24) is 15.1 Å². The summed E-state index contributed by atoms with van der Waals surface area (Å²) in [5, 5.41) is 12.0. The summed E-state index contributed by atoms with van der Waals surface area (Å²) in [6.45, 7) is 3.89. The lowest BCUT2D eigenvalue weighted by atomic mass is 10.1. The van der Waals surface area contributed by atoms with E-state index in [9.17, 15) is 0 Å². The summed E-state index contributed by atoms with van der Waals surface area (Å²) < 4.78 is 1.99. The highest BCUT2D eigenvalue weighted by Crippen LogP contribution is 2.24. The molecule has 0 radical (unpaired) electrons. The lowest BCUT2D eigenvalue weighted by Gasteiger charge is -1.97. The Morgan fingerprint density at radius 1 is 1.53 bits per heavy atom. The molecule has 4 heteroatoms. The standard InChI is InChI=1S/C11H15N3S/c1-3-14-7-10(6-12-2)11(13-14)9-4-5-15-8-9/h4-5,7-8,12H,3,6H2,1-2H3. The summed E-state index contributed by atoms with van der Waals surface area (Å²) >= 11 is 1.71. The fourth-order valence-corrected chi connectivity index (χ4v) is 2.23. The van der Waals surface area contributed by atoms with Crippen LogP contribution in [0.25, 0.3) is 11.3 Å². The highest BCUT2D eigenvalue weighted by atomic mass is 32.1. The topological polar surface area (TPSA) is 29.9 Å². The van der Waals surface area contributed by atoms with Gasteiger partial charge in [0.2, 0.25) is 0 Å². The molecule has 80 valence electrons. The molecule has 0 unspecified atom stereocenters. The quantitative estimate of drug-likeness (QED) is 0.859. The van der Waals surface area contributed by atoms with Gasteiger partial charge in [0.25, 0.3) is 0 Å². The van der Waals surface area contributed by atoms with Crippen molar-refractivity contribution < 1.29 is 0 Å². The Morgan fingerprint density at radius 3 is 3.00 bits per heavy atom. The second-order valence-electron chi connectivity index (χ2n) is 3.40. The van der Waals surface area contributed by atoms with Gasteiger partial charge in [0.05, 0.1) is 5.69 Å². The number of hydrogen-bond donors (Lipinski definition) is 1. The molecule has 0 aromatic carbocycles. The molecule has 2 aromatic rings. The summed E-state index contributed by atoms with van der Waals surface area (Å²) in [6, 6.07) is 2.12. The van der Waals surface area contributed by atoms with Crippen LogP contribution in [0.15, 0.2) is 23.0 Å². The van der Waals surface area contributed by atoms with Crippen molar-refractivity contribution in [2.75, 3.05) is 7.05 Å². The highest BCUT2D eigenvalue weighted by molar-refractivity contribution is 7.08. The van der Waals surface area contributed by atoms with E-state index in [-0.39, 0.29) is 0 Å². The molecular formula is C11H15N3S. The van der Waals surface area contributed by atoms with Gasteiger partial charge in [-0.15, -0.1) is 0 Å². The fraction of sp³-hybridized carbons (Fsp3) is 0.364. The predicted molar refractivity (Wildman–Crippen MR) is 64.0 cm³/mol. The summed E-state index contributed by atoms with van der Waals surface area (Å²) in [4.78, 5) is 0. The van der Waals surface area contributed by atoms with Crippen molar-refractivity contribution in [1.29, 1.82) is 0 Å². The number of rotatable bonds is 4. The number of aryl methyl sites for hydroxylation is 1. The van der Waals surface area contributed by atoms with Crippen molar-refractivity contribution in [3.05, 3.63) is 28.6 Å². The minimum absolute atomic E-state index is 0.866. The van der Waals surface area contributed by atoms with Crippen LogP contribution in [0.1, 0.15) is 12.5 Å². The molecule has 0 saturated carbocycles. The van der Waals surface area contributed by atoms with Crippen LogP contribution in [0.5, 0.6) is 0 Å². The molecular weight excluding hydrogens is 206 g/mol. The van der Waals surface area contributed by atoms with E-state index in [1.54, 1.807) is 11.3 Å². The van der Waals surface area contributed by atoms with Crippen LogP contribution in [0.2, 0.25) is 0 Å². The van der Waals surface area contributed by atoms with Gasteiger partial charge in [0, 0.05) is 35.8 Å². The van der Waals surface area contributed by atoms with E-state index in [1.807, 2.05) is 11.7 Å². The van der Waals surface area contributed by atoms with E-state index in [2.05, 4.69) is 40.4 Å². The molecule has 0 spiro atoms. The molecule has 0 bridgehead atoms. The lowest BCUT2D eigenvalue weighted by Crippen LogP contribution is -2.05. The Balaban J connectivity index is 2.40. The van der Waals surface area contributed by atoms with Crippen LogP contribution in [0.4, 0.5) is 0 Å². The van der Waals surface area contributed by atoms with Crippen molar-refractivity contribution in [3.8, 4) is 11.3 Å². The van der Waals surface area contributed by atoms with E-state index < -0.39 is 0 Å². The predicted octanol–water partition coefficient (Wildman–Crippen LogP) is 2.35. The van der Waals surface area contributed by atoms with Gasteiger partial charge in [-0.3, -0.25) is 4.68 Å². The monoisotopic (exact) mass is 221 g/mol. The van der Waals surface area contributed by atoms with Gasteiger partial charge in [-0.05, 0) is 25.4 Å². The number of nitrogens with one attached hydrogen (secondary N) is 1. The third-order valence-electron chi connectivity index (χ3n) is 2.32. The van der Waals surface area contributed by atoms with Crippen LogP contribution in [-0.2, 0) is 13.1 Å². The molecule has 2 aromatic heterocycles. The minimum Gasteiger partial charge on any atom is -0.316 e. The Bertz CT molecular complexity index is 417. The molecule has 0 amide bonds. The van der Waals surface area contributed by atoms with Crippen LogP contribution < -0.4 is 5.32 Å². The average molecular weight is 221 g/mol. The first-order valence-electron chi connectivity index (χ1n) is 5.08. The normalized spacial score (nSPS) is 10.8.